The lowest BCUT2D eigenvalue weighted by atomic mass is 9.72. The van der Waals surface area contributed by atoms with Gasteiger partial charge in [-0.15, -0.1) is 0 Å². The average Bonchev–Trinajstić information content (AvgIpc) is 2.96. The molecule has 3 aliphatic rings. The van der Waals surface area contributed by atoms with Crippen LogP contribution in [-0.2, 0) is 24.2 Å². The van der Waals surface area contributed by atoms with E-state index in [4.69, 9.17) is 0 Å². The Morgan fingerprint density at radius 1 is 1.02 bits per heavy atom. The van der Waals surface area contributed by atoms with Gasteiger partial charge in [-0.25, -0.2) is 14.7 Å². The number of nitrogens with zero attached hydrogens (tertiary/aromatic N) is 5. The molecule has 1 atom stereocenters. The highest BCUT2D eigenvalue weighted by Gasteiger charge is 2.45. The molecule has 2 aromatic carbocycles. The molecular weight excluding hydrogens is 589 g/mol. The minimum absolute atomic E-state index is 0.0731. The molecule has 3 fully saturated rings. The Kier molecular flexibility index (Phi) is 9.15. The van der Waals surface area contributed by atoms with Gasteiger partial charge in [-0.05, 0) is 92.9 Å². The number of benzene rings is 2. The predicted molar refractivity (Wildman–Crippen MR) is 166 cm³/mol. The van der Waals surface area contributed by atoms with Gasteiger partial charge in [0.15, 0.2) is 0 Å². The number of piperidine rings is 1. The van der Waals surface area contributed by atoms with E-state index in [0.717, 1.165) is 83.6 Å². The van der Waals surface area contributed by atoms with Gasteiger partial charge in [-0.1, -0.05) is 18.2 Å². The van der Waals surface area contributed by atoms with E-state index < -0.39 is 23.9 Å². The number of fused-ring (bicyclic) bond motifs is 1. The molecule has 3 aromatic rings. The average molecular weight is 630 g/mol. The van der Waals surface area contributed by atoms with Crippen molar-refractivity contribution < 1.29 is 21.9 Å². The Labute approximate surface area is 259 Å². The summed E-state index contributed by atoms with van der Waals surface area (Å²) in [4.78, 5) is 15.8. The molecule has 8 nitrogen and oxygen atoms in total. The lowest BCUT2D eigenvalue weighted by Crippen LogP contribution is -2.60. The predicted octanol–water partition coefficient (Wildman–Crippen LogP) is 5.22. The number of anilines is 2. The van der Waals surface area contributed by atoms with Crippen LogP contribution in [0.1, 0.15) is 49.7 Å². The normalized spacial score (nSPS) is 23.1. The number of nitrogens with one attached hydrogen (secondary N) is 1. The van der Waals surface area contributed by atoms with Crippen LogP contribution in [0.2, 0.25) is 0 Å². The number of hydrogen-bond donors (Lipinski definition) is 1. The molecule has 238 valence electrons. The van der Waals surface area contributed by atoms with Crippen LogP contribution >= 0.6 is 0 Å². The molecule has 3 heterocycles. The quantitative estimate of drug-likeness (QED) is 0.325. The van der Waals surface area contributed by atoms with Gasteiger partial charge in [0.05, 0.1) is 11.9 Å². The SMILES string of the molecule is CN(CC1CCC(NS(=O)[O-])CC1)c1ccc(CN2CCC3(CC2)CN(c2ncnc4ccc(CC(F)(F)F)cc24)C3)cc1. The Balaban J connectivity index is 0.973. The van der Waals surface area contributed by atoms with Crippen LogP contribution in [0.5, 0.6) is 0 Å². The van der Waals surface area contributed by atoms with E-state index >= 15 is 0 Å². The fraction of sp³-hybridized carbons (Fsp3) is 0.562. The number of rotatable bonds is 9. The highest BCUT2D eigenvalue weighted by Crippen LogP contribution is 2.44. The zero-order valence-corrected chi connectivity index (χ0v) is 25.9. The van der Waals surface area contributed by atoms with E-state index in [0.29, 0.717) is 16.8 Å². The topological polar surface area (TPSA) is 87.7 Å². The molecule has 0 amide bonds. The molecule has 44 heavy (non-hydrogen) atoms. The second kappa shape index (κ2) is 12.9. The second-order valence-electron chi connectivity index (χ2n) is 13.1. The summed E-state index contributed by atoms with van der Waals surface area (Å²) in [5.41, 5.74) is 3.63. The zero-order chi connectivity index (χ0) is 30.9. The minimum Gasteiger partial charge on any atom is -0.760 e. The molecule has 12 heteroatoms. The summed E-state index contributed by atoms with van der Waals surface area (Å²) in [6.45, 7) is 5.67. The third-order valence-electron chi connectivity index (χ3n) is 9.78. The van der Waals surface area contributed by atoms with Gasteiger partial charge in [0.2, 0.25) is 0 Å². The van der Waals surface area contributed by atoms with Gasteiger partial charge < -0.3 is 14.4 Å². The number of alkyl halides is 3. The summed E-state index contributed by atoms with van der Waals surface area (Å²) in [7, 11) is 2.13. The van der Waals surface area contributed by atoms with Crippen molar-refractivity contribution in [3.63, 3.8) is 0 Å². The molecule has 0 radical (unpaired) electrons. The van der Waals surface area contributed by atoms with E-state index in [9.17, 15) is 21.9 Å². The Hall–Kier alpha value is -2.80. The van der Waals surface area contributed by atoms with Crippen LogP contribution in [0.25, 0.3) is 10.9 Å². The fourth-order valence-corrected chi connectivity index (χ4v) is 7.81. The first-order valence-electron chi connectivity index (χ1n) is 15.5. The first kappa shape index (κ1) is 31.2. The van der Waals surface area contributed by atoms with Crippen LogP contribution in [0.4, 0.5) is 24.7 Å². The molecular formula is C32H40F3N6O2S-. The second-order valence-corrected chi connectivity index (χ2v) is 13.8. The number of likely N-dealkylation sites (tertiary alicyclic amines) is 1. The maximum atomic E-state index is 13.0. The molecule has 0 bridgehead atoms. The van der Waals surface area contributed by atoms with Gasteiger partial charge in [0.1, 0.15) is 12.1 Å². The van der Waals surface area contributed by atoms with Crippen molar-refractivity contribution in [3.05, 3.63) is 59.9 Å². The third kappa shape index (κ3) is 7.52. The highest BCUT2D eigenvalue weighted by atomic mass is 32.2. The number of halogens is 3. The molecule has 1 N–H and O–H groups in total. The Morgan fingerprint density at radius 3 is 2.36 bits per heavy atom. The minimum atomic E-state index is -4.25. The summed E-state index contributed by atoms with van der Waals surface area (Å²) in [6, 6.07) is 13.7. The Morgan fingerprint density at radius 2 is 1.70 bits per heavy atom. The van der Waals surface area contributed by atoms with Crippen LogP contribution in [0, 0.1) is 11.3 Å². The lowest BCUT2D eigenvalue weighted by molar-refractivity contribution is -0.127. The monoisotopic (exact) mass is 629 g/mol. The highest BCUT2D eigenvalue weighted by molar-refractivity contribution is 7.77. The van der Waals surface area contributed by atoms with E-state index in [1.807, 2.05) is 0 Å². The first-order chi connectivity index (χ1) is 21.0. The van der Waals surface area contributed by atoms with E-state index in [1.165, 1.54) is 23.6 Å². The van der Waals surface area contributed by atoms with Crippen LogP contribution in [0.3, 0.4) is 0 Å². The first-order valence-corrected chi connectivity index (χ1v) is 16.5. The lowest BCUT2D eigenvalue weighted by Gasteiger charge is -2.54. The summed E-state index contributed by atoms with van der Waals surface area (Å²) in [5.74, 6) is 1.31. The smallest absolute Gasteiger partial charge is 0.393 e. The molecule has 6 rings (SSSR count). The molecule has 2 aliphatic heterocycles. The van der Waals surface area contributed by atoms with E-state index in [2.05, 4.69) is 60.7 Å². The number of aromatic nitrogens is 2. The van der Waals surface area contributed by atoms with Gasteiger partial charge >= 0.3 is 6.18 Å². The van der Waals surface area contributed by atoms with Gasteiger partial charge in [0, 0.05) is 67.0 Å². The van der Waals surface area contributed by atoms with Crippen molar-refractivity contribution in [2.24, 2.45) is 11.3 Å². The van der Waals surface area contributed by atoms with Gasteiger partial charge in [-0.3, -0.25) is 9.11 Å². The summed E-state index contributed by atoms with van der Waals surface area (Å²) >= 11 is -2.19. The zero-order valence-electron chi connectivity index (χ0n) is 25.1. The molecule has 1 unspecified atom stereocenters. The molecule has 2 saturated heterocycles. The fourth-order valence-electron chi connectivity index (χ4n) is 7.30. The molecule has 1 aliphatic carbocycles. The van der Waals surface area contributed by atoms with Crippen LogP contribution in [-0.4, -0.2) is 75.6 Å². The van der Waals surface area contributed by atoms with E-state index in [1.54, 1.807) is 12.1 Å². The Bertz CT molecular complexity index is 1450. The van der Waals surface area contributed by atoms with Crippen LogP contribution < -0.4 is 14.5 Å². The van der Waals surface area contributed by atoms with Crippen molar-refractivity contribution in [2.45, 2.75) is 63.7 Å². The van der Waals surface area contributed by atoms with Crippen molar-refractivity contribution in [2.75, 3.05) is 49.6 Å². The molecule has 1 aromatic heterocycles. The van der Waals surface area contributed by atoms with Crippen molar-refractivity contribution in [1.29, 1.82) is 0 Å². The van der Waals surface area contributed by atoms with Crippen molar-refractivity contribution >= 4 is 33.7 Å². The maximum absolute atomic E-state index is 13.0. The molecule has 1 spiro atoms. The van der Waals surface area contributed by atoms with Crippen molar-refractivity contribution in [1.82, 2.24) is 19.6 Å². The van der Waals surface area contributed by atoms with Gasteiger partial charge in [0.25, 0.3) is 0 Å². The summed E-state index contributed by atoms with van der Waals surface area (Å²) in [6.07, 6.45) is 2.34. The van der Waals surface area contributed by atoms with E-state index in [-0.39, 0.29) is 17.0 Å². The third-order valence-corrected chi connectivity index (χ3v) is 10.3. The molecule has 1 saturated carbocycles. The van der Waals surface area contributed by atoms with Gasteiger partial charge in [-0.2, -0.15) is 13.2 Å². The largest absolute Gasteiger partial charge is 0.760 e. The standard InChI is InChI=1S/C32H41F3N6O2S/c1-39(18-23-2-7-26(8-3-23)38-44(42)43)27-9-4-24(5-10-27)19-40-14-12-31(13-15-40)20-41(21-31)30-28-16-25(17-32(33,34)35)6-11-29(28)36-22-37-30/h4-6,9-11,16,22-23,26,38H,2-3,7-8,12-15,17-21H2,1H3,(H,42,43)/p-1. The van der Waals surface area contributed by atoms with Crippen LogP contribution in [0.15, 0.2) is 48.8 Å². The summed E-state index contributed by atoms with van der Waals surface area (Å²) in [5, 5.41) is 0.690. The van der Waals surface area contributed by atoms with Crippen molar-refractivity contribution in [3.8, 4) is 0 Å². The summed E-state index contributed by atoms with van der Waals surface area (Å²) < 4.78 is 63.4. The number of hydrogen-bond acceptors (Lipinski definition) is 7. The maximum Gasteiger partial charge on any atom is 0.393 e.